The fourth-order valence-corrected chi connectivity index (χ4v) is 36.0. The average Bonchev–Trinajstić information content (AvgIpc) is 3.37. The molecule has 0 unspecified atom stereocenters. The molecule has 0 saturated carbocycles. The second-order valence-corrected chi connectivity index (χ2v) is 30.2. The van der Waals surface area contributed by atoms with E-state index in [4.69, 9.17) is 6.03 Å². The van der Waals surface area contributed by atoms with Crippen LogP contribution in [0.5, 0.6) is 0 Å². The summed E-state index contributed by atoms with van der Waals surface area (Å²) in [7, 11) is 0. The van der Waals surface area contributed by atoms with Crippen molar-refractivity contribution in [2.45, 2.75) is 59.8 Å². The van der Waals surface area contributed by atoms with Gasteiger partial charge < -0.3 is 0 Å². The third kappa shape index (κ3) is 4.58. The van der Waals surface area contributed by atoms with Crippen LogP contribution in [0.25, 0.3) is 0 Å². The first kappa shape index (κ1) is 39.5. The topological polar surface area (TPSA) is 18.5 Å². The minimum Gasteiger partial charge on any atom is 1.00 e. The smallest absolute Gasteiger partial charge is 1.00 e. The normalized spacial score (nSPS) is 24.0. The Kier molecular flexibility index (Phi) is 8.87. The monoisotopic (exact) mass is 844 g/mol. The number of halogens is 9. The van der Waals surface area contributed by atoms with Gasteiger partial charge in [-0.05, 0) is 0 Å². The molecule has 2 atom stereocenters. The van der Waals surface area contributed by atoms with Crippen molar-refractivity contribution in [2.75, 3.05) is 0 Å². The molecule has 0 aliphatic carbocycles. The van der Waals surface area contributed by atoms with Crippen molar-refractivity contribution in [1.29, 1.82) is 0 Å². The number of benzene rings is 5. The van der Waals surface area contributed by atoms with E-state index < -0.39 is 70.5 Å². The van der Waals surface area contributed by atoms with E-state index in [0.717, 1.165) is 24.3 Å². The molecule has 2 nitrogen and oxygen atoms in total. The van der Waals surface area contributed by atoms with Gasteiger partial charge in [-0.3, -0.25) is 0 Å². The Labute approximate surface area is 311 Å². The van der Waals surface area contributed by atoms with Crippen molar-refractivity contribution >= 4 is 27.4 Å². The molecule has 1 saturated heterocycles. The fraction of sp³-hybridized carbons (Fsp3) is 0.250. The van der Waals surface area contributed by atoms with E-state index in [0.29, 0.717) is 11.6 Å². The average molecular weight is 845 g/mol. The molecule has 2 aliphatic rings. The maximum absolute atomic E-state index is 16.4. The van der Waals surface area contributed by atoms with Crippen molar-refractivity contribution in [3.63, 3.8) is 0 Å². The molecule has 274 valence electrons. The van der Waals surface area contributed by atoms with Crippen LogP contribution in [0, 0.1) is 0 Å². The van der Waals surface area contributed by atoms with Crippen LogP contribution in [0.3, 0.4) is 0 Å². The number of fused-ring (bicyclic) bond motifs is 2. The minimum atomic E-state index is -8.70. The summed E-state index contributed by atoms with van der Waals surface area (Å²) in [4.78, 5) is 0. The summed E-state index contributed by atoms with van der Waals surface area (Å²) in [5.41, 5.74) is -10.6. The minimum absolute atomic E-state index is 0. The molecular weight excluding hydrogens is 812 g/mol. The van der Waals surface area contributed by atoms with Gasteiger partial charge in [0.25, 0.3) is 0 Å². The van der Waals surface area contributed by atoms with Gasteiger partial charge in [0.15, 0.2) is 0 Å². The van der Waals surface area contributed by atoms with E-state index in [-0.39, 0.29) is 31.4 Å². The van der Waals surface area contributed by atoms with Crippen molar-refractivity contribution in [2.24, 2.45) is 0 Å². The van der Waals surface area contributed by atoms with Gasteiger partial charge in [-0.15, -0.1) is 0 Å². The van der Waals surface area contributed by atoms with Crippen LogP contribution in [0.4, 0.5) is 39.5 Å². The Bertz CT molecular complexity index is 2140. The Balaban J connectivity index is 0.00000481. The first-order valence-corrected chi connectivity index (χ1v) is 23.7. The Morgan fingerprint density at radius 3 is 1.45 bits per heavy atom. The van der Waals surface area contributed by atoms with Gasteiger partial charge in [0.2, 0.25) is 0 Å². The zero-order valence-corrected chi connectivity index (χ0v) is 31.6. The molecular formula is C40H33F9LiO2Sb. The molecule has 5 aromatic carbocycles. The molecule has 2 aliphatic heterocycles. The zero-order valence-electron chi connectivity index (χ0n) is 29.0. The van der Waals surface area contributed by atoms with Crippen LogP contribution in [0.2, 0.25) is 0 Å². The molecule has 1 fully saturated rings. The van der Waals surface area contributed by atoms with E-state index >= 15 is 39.5 Å². The summed E-state index contributed by atoms with van der Waals surface area (Å²) in [6.45, 7) is 5.55. The number of hydrogen-bond donors (Lipinski definition) is 0. The Hall–Kier alpha value is -3.19. The molecule has 1 spiro atoms. The maximum atomic E-state index is 16.4. The van der Waals surface area contributed by atoms with Crippen molar-refractivity contribution in [3.05, 3.63) is 162 Å². The van der Waals surface area contributed by atoms with Crippen LogP contribution in [0.1, 0.15) is 46.9 Å². The van der Waals surface area contributed by atoms with Gasteiger partial charge in [0.1, 0.15) is 0 Å². The van der Waals surface area contributed by atoms with Crippen LogP contribution in [-0.2, 0) is 22.6 Å². The van der Waals surface area contributed by atoms with E-state index in [1.54, 1.807) is 0 Å². The van der Waals surface area contributed by atoms with Gasteiger partial charge in [-0.2, -0.15) is 0 Å². The second-order valence-electron chi connectivity index (χ2n) is 14.5. The van der Waals surface area contributed by atoms with Gasteiger partial charge in [-0.25, -0.2) is 0 Å². The molecule has 0 amide bonds. The maximum Gasteiger partial charge on any atom is 1.00 e. The largest absolute Gasteiger partial charge is 1.00 e. The molecule has 53 heavy (non-hydrogen) atoms. The van der Waals surface area contributed by atoms with Crippen molar-refractivity contribution in [3.8, 4) is 0 Å². The summed E-state index contributed by atoms with van der Waals surface area (Å²) in [5.74, 6) is 0. The van der Waals surface area contributed by atoms with Crippen LogP contribution in [0.15, 0.2) is 140 Å². The molecule has 2 heterocycles. The summed E-state index contributed by atoms with van der Waals surface area (Å²) in [5, 5.41) is 0. The van der Waals surface area contributed by atoms with Crippen LogP contribution < -0.4 is 29.4 Å². The van der Waals surface area contributed by atoms with E-state index in [2.05, 4.69) is 0 Å². The molecule has 0 radical (unpaired) electrons. The van der Waals surface area contributed by atoms with Crippen molar-refractivity contribution < 1.29 is 64.4 Å². The number of hydrogen-bond acceptors (Lipinski definition) is 2. The zero-order chi connectivity index (χ0) is 37.7. The predicted octanol–water partition coefficient (Wildman–Crippen LogP) is 6.52. The summed E-state index contributed by atoms with van der Waals surface area (Å²) >= 11 is -8.70. The van der Waals surface area contributed by atoms with Crippen LogP contribution in [-0.4, -0.2) is 35.4 Å². The van der Waals surface area contributed by atoms with Gasteiger partial charge in [-0.1, -0.05) is 0 Å². The first-order valence-electron chi connectivity index (χ1n) is 16.4. The molecule has 0 aromatic heterocycles. The van der Waals surface area contributed by atoms with Gasteiger partial charge in [0, 0.05) is 0 Å². The Morgan fingerprint density at radius 2 is 0.962 bits per heavy atom. The summed E-state index contributed by atoms with van der Waals surface area (Å²) < 4.78 is 154. The van der Waals surface area contributed by atoms with Gasteiger partial charge >= 0.3 is 313 Å². The SMILES string of the molecule is CC(C)(C)c1cc[c]([Sb-]23([c]4ccccc4)([O]C(C(F)(F)F)(C(F)(F)F)c4cccc[c]42)[O][C@@](c2ccccc2)(C(F)(F)F)[C@@H]3c2ccccc2)cc1.[Li+]. The molecule has 5 aromatic rings. The standard InChI is InChI=1S/C15H11F3O.C10H13.C9H4F6O.C6H5.Li.Sb/c16-15(17,18)14(19,13-9-5-2-6-10-13)11-12-7-3-1-4-8-12;1-10(2,3)9-7-5-4-6-8-9;10-8(11,12)7(16,9(13,14)15)6-4-2-1-3-5-6;1-2-4-6-5-3-1;;/h1-11H;5-8H,1-3H3;1-4H;1-5H;;/q-1;;-1;;2*+1/t14-;;;;;/m0...../s1. The van der Waals surface area contributed by atoms with E-state index in [1.807, 2.05) is 20.8 Å². The van der Waals surface area contributed by atoms with Crippen LogP contribution >= 0.6 is 0 Å². The molecule has 7 rings (SSSR count). The Morgan fingerprint density at radius 1 is 0.509 bits per heavy atom. The van der Waals surface area contributed by atoms with E-state index in [1.165, 1.54) is 109 Å². The molecule has 0 bridgehead atoms. The number of alkyl halides is 9. The third-order valence-electron chi connectivity index (χ3n) is 10.8. The quantitative estimate of drug-likeness (QED) is 0.152. The molecule has 13 heteroatoms. The van der Waals surface area contributed by atoms with Gasteiger partial charge in [0.05, 0.1) is 0 Å². The summed E-state index contributed by atoms with van der Waals surface area (Å²) in [6, 6.07) is 29.4. The summed E-state index contributed by atoms with van der Waals surface area (Å²) in [6.07, 6.45) is -17.9. The first-order chi connectivity index (χ1) is 24.2. The fourth-order valence-electron chi connectivity index (χ4n) is 8.86. The predicted molar refractivity (Wildman–Crippen MR) is 182 cm³/mol. The number of rotatable bonds is 4. The third-order valence-corrected chi connectivity index (χ3v) is 33.5. The molecule has 0 N–H and O–H groups in total. The second kappa shape index (κ2) is 11.9. The van der Waals surface area contributed by atoms with E-state index in [9.17, 15) is 0 Å². The van der Waals surface area contributed by atoms with Crippen molar-refractivity contribution in [1.82, 2.24) is 0 Å².